The van der Waals surface area contributed by atoms with Crippen LogP contribution in [0.25, 0.3) is 21.6 Å². The number of nitrogens with one attached hydrogen (secondary N) is 2. The minimum absolute atomic E-state index is 0.286. The molecule has 2 N–H and O–H groups in total. The summed E-state index contributed by atoms with van der Waals surface area (Å²) in [5.74, 6) is 1.48. The molecule has 3 aromatic heterocycles. The van der Waals surface area contributed by atoms with Crippen LogP contribution < -0.4 is 10.6 Å². The summed E-state index contributed by atoms with van der Waals surface area (Å²) in [5.41, 5.74) is 5.49. The van der Waals surface area contributed by atoms with Gasteiger partial charge in [0.2, 0.25) is 5.95 Å². The molecule has 0 atom stereocenters. The van der Waals surface area contributed by atoms with Gasteiger partial charge in [-0.25, -0.2) is 4.98 Å². The van der Waals surface area contributed by atoms with E-state index in [1.807, 2.05) is 6.33 Å². The van der Waals surface area contributed by atoms with Crippen molar-refractivity contribution in [3.05, 3.63) is 53.2 Å². The zero-order valence-corrected chi connectivity index (χ0v) is 20.5. The van der Waals surface area contributed by atoms with Crippen molar-refractivity contribution < 1.29 is 0 Å². The topological polar surface area (TPSA) is 67.7 Å². The monoisotopic (exact) mass is 460 g/mol. The maximum Gasteiger partial charge on any atom is 0.227 e. The first-order valence-corrected chi connectivity index (χ1v) is 12.8. The molecule has 33 heavy (non-hydrogen) atoms. The van der Waals surface area contributed by atoms with Crippen molar-refractivity contribution in [2.45, 2.75) is 71.5 Å². The molecule has 6 nitrogen and oxygen atoms in total. The van der Waals surface area contributed by atoms with Crippen molar-refractivity contribution >= 4 is 34.3 Å². The maximum absolute atomic E-state index is 4.85. The predicted octanol–water partition coefficient (Wildman–Crippen LogP) is 6.80. The molecule has 1 aromatic carbocycles. The number of aromatic nitrogens is 4. The molecule has 1 saturated carbocycles. The molecule has 172 valence electrons. The quantitative estimate of drug-likeness (QED) is 0.317. The SMILES string of the molecule is Cc1csc(-c2ccc(CNc3nc(NC4CCCCC4)nc4c3ncn4C(C)C)cc2)c1. The summed E-state index contributed by atoms with van der Waals surface area (Å²) in [6, 6.07) is 11.7. The first-order chi connectivity index (χ1) is 16.1. The number of rotatable bonds is 7. The summed E-state index contributed by atoms with van der Waals surface area (Å²) in [7, 11) is 0. The third kappa shape index (κ3) is 4.88. The van der Waals surface area contributed by atoms with Gasteiger partial charge in [0.15, 0.2) is 17.0 Å². The summed E-state index contributed by atoms with van der Waals surface area (Å²) in [4.78, 5) is 15.6. The Kier molecular flexibility index (Phi) is 6.31. The molecular formula is C26H32N6S. The number of nitrogens with zero attached hydrogens (tertiary/aromatic N) is 4. The lowest BCUT2D eigenvalue weighted by molar-refractivity contribution is 0.461. The Labute approximate surface area is 199 Å². The molecule has 3 heterocycles. The van der Waals surface area contributed by atoms with Crippen LogP contribution in [0.15, 0.2) is 42.0 Å². The van der Waals surface area contributed by atoms with Crippen LogP contribution in [0.2, 0.25) is 0 Å². The van der Waals surface area contributed by atoms with E-state index < -0.39 is 0 Å². The first kappa shape index (κ1) is 21.9. The average molecular weight is 461 g/mol. The number of aryl methyl sites for hydroxylation is 1. The van der Waals surface area contributed by atoms with Crippen LogP contribution in [-0.2, 0) is 6.54 Å². The number of hydrogen-bond acceptors (Lipinski definition) is 6. The van der Waals surface area contributed by atoms with Crippen molar-refractivity contribution in [1.29, 1.82) is 0 Å². The molecule has 0 amide bonds. The second kappa shape index (κ2) is 9.51. The third-order valence-electron chi connectivity index (χ3n) is 6.35. The van der Waals surface area contributed by atoms with Gasteiger partial charge in [-0.05, 0) is 61.7 Å². The smallest absolute Gasteiger partial charge is 0.227 e. The molecule has 0 saturated heterocycles. The first-order valence-electron chi connectivity index (χ1n) is 12.0. The van der Waals surface area contributed by atoms with Crippen molar-refractivity contribution in [2.75, 3.05) is 10.6 Å². The van der Waals surface area contributed by atoms with E-state index in [9.17, 15) is 0 Å². The van der Waals surface area contributed by atoms with Gasteiger partial charge >= 0.3 is 0 Å². The van der Waals surface area contributed by atoms with Crippen LogP contribution in [0.4, 0.5) is 11.8 Å². The average Bonchev–Trinajstić information content (AvgIpc) is 3.45. The van der Waals surface area contributed by atoms with Crippen molar-refractivity contribution in [2.24, 2.45) is 0 Å². The highest BCUT2D eigenvalue weighted by atomic mass is 32.1. The van der Waals surface area contributed by atoms with Gasteiger partial charge in [0.1, 0.15) is 0 Å². The largest absolute Gasteiger partial charge is 0.364 e. The van der Waals surface area contributed by atoms with Gasteiger partial charge in [-0.3, -0.25) is 0 Å². The number of anilines is 2. The highest BCUT2D eigenvalue weighted by molar-refractivity contribution is 7.13. The molecule has 5 rings (SSSR count). The summed E-state index contributed by atoms with van der Waals surface area (Å²) in [6.07, 6.45) is 8.12. The van der Waals surface area contributed by atoms with E-state index in [1.54, 1.807) is 11.3 Å². The Morgan fingerprint density at radius 2 is 1.88 bits per heavy atom. The summed E-state index contributed by atoms with van der Waals surface area (Å²) in [5, 5.41) is 9.32. The minimum Gasteiger partial charge on any atom is -0.364 e. The van der Waals surface area contributed by atoms with Crippen LogP contribution in [0, 0.1) is 6.92 Å². The van der Waals surface area contributed by atoms with E-state index in [2.05, 4.69) is 76.7 Å². The number of hydrogen-bond donors (Lipinski definition) is 2. The lowest BCUT2D eigenvalue weighted by Gasteiger charge is -2.23. The third-order valence-corrected chi connectivity index (χ3v) is 7.44. The fourth-order valence-corrected chi connectivity index (χ4v) is 5.37. The van der Waals surface area contributed by atoms with Crippen LogP contribution >= 0.6 is 11.3 Å². The summed E-state index contributed by atoms with van der Waals surface area (Å²) in [6.45, 7) is 7.13. The van der Waals surface area contributed by atoms with Crippen LogP contribution in [0.5, 0.6) is 0 Å². The van der Waals surface area contributed by atoms with Crippen molar-refractivity contribution in [1.82, 2.24) is 19.5 Å². The molecule has 1 aliphatic carbocycles. The van der Waals surface area contributed by atoms with Gasteiger partial charge in [0.05, 0.1) is 6.33 Å². The molecule has 1 fully saturated rings. The van der Waals surface area contributed by atoms with E-state index >= 15 is 0 Å². The normalized spacial score (nSPS) is 14.8. The van der Waals surface area contributed by atoms with Crippen LogP contribution in [0.3, 0.4) is 0 Å². The van der Waals surface area contributed by atoms with Gasteiger partial charge in [-0.15, -0.1) is 11.3 Å². The van der Waals surface area contributed by atoms with Gasteiger partial charge in [0.25, 0.3) is 0 Å². The van der Waals surface area contributed by atoms with E-state index in [1.165, 1.54) is 53.7 Å². The Morgan fingerprint density at radius 1 is 1.09 bits per heavy atom. The second-order valence-electron chi connectivity index (χ2n) is 9.33. The Balaban J connectivity index is 1.38. The van der Waals surface area contributed by atoms with E-state index in [0.717, 1.165) is 17.0 Å². The maximum atomic E-state index is 4.85. The molecule has 0 bridgehead atoms. The Hall–Kier alpha value is -2.93. The fraction of sp³-hybridized carbons (Fsp3) is 0.423. The number of fused-ring (bicyclic) bond motifs is 1. The van der Waals surface area contributed by atoms with Gasteiger partial charge in [0, 0.05) is 23.5 Å². The molecule has 0 spiro atoms. The molecule has 1 aliphatic rings. The Bertz CT molecular complexity index is 1220. The fourth-order valence-electron chi connectivity index (χ4n) is 4.47. The van der Waals surface area contributed by atoms with Crippen molar-refractivity contribution in [3.8, 4) is 10.4 Å². The van der Waals surface area contributed by atoms with Crippen LogP contribution in [-0.4, -0.2) is 25.6 Å². The zero-order chi connectivity index (χ0) is 22.8. The highest BCUT2D eigenvalue weighted by Gasteiger charge is 2.18. The molecule has 0 radical (unpaired) electrons. The number of imidazole rings is 1. The molecule has 0 aliphatic heterocycles. The van der Waals surface area contributed by atoms with Gasteiger partial charge in [-0.2, -0.15) is 9.97 Å². The minimum atomic E-state index is 0.286. The van der Waals surface area contributed by atoms with Gasteiger partial charge in [-0.1, -0.05) is 43.5 Å². The predicted molar refractivity (Wildman–Crippen MR) is 138 cm³/mol. The molecular weight excluding hydrogens is 428 g/mol. The van der Waals surface area contributed by atoms with E-state index in [-0.39, 0.29) is 6.04 Å². The lowest BCUT2D eigenvalue weighted by Crippen LogP contribution is -2.24. The van der Waals surface area contributed by atoms with Crippen LogP contribution in [0.1, 0.15) is 63.1 Å². The molecule has 7 heteroatoms. The number of benzene rings is 1. The summed E-state index contributed by atoms with van der Waals surface area (Å²) < 4.78 is 2.12. The summed E-state index contributed by atoms with van der Waals surface area (Å²) >= 11 is 1.79. The number of thiophene rings is 1. The molecule has 4 aromatic rings. The lowest BCUT2D eigenvalue weighted by atomic mass is 9.96. The van der Waals surface area contributed by atoms with E-state index in [4.69, 9.17) is 9.97 Å². The standard InChI is InChI=1S/C26H32N6S/c1-17(2)32-16-28-23-24(30-26(31-25(23)32)29-21-7-5-4-6-8-21)27-14-19-9-11-20(12-10-19)22-13-18(3)15-33-22/h9-13,15-17,21H,4-8,14H2,1-3H3,(H2,27,29,30,31). The zero-order valence-electron chi connectivity index (χ0n) is 19.6. The Morgan fingerprint density at radius 3 is 2.58 bits per heavy atom. The molecule has 0 unspecified atom stereocenters. The highest BCUT2D eigenvalue weighted by Crippen LogP contribution is 2.28. The van der Waals surface area contributed by atoms with Crippen molar-refractivity contribution in [3.63, 3.8) is 0 Å². The van der Waals surface area contributed by atoms with E-state index in [0.29, 0.717) is 18.5 Å². The van der Waals surface area contributed by atoms with Gasteiger partial charge < -0.3 is 15.2 Å². The second-order valence-corrected chi connectivity index (χ2v) is 10.2.